The summed E-state index contributed by atoms with van der Waals surface area (Å²) >= 11 is 5.62. The Morgan fingerprint density at radius 1 is 1.50 bits per heavy atom. The molecule has 0 saturated heterocycles. The average Bonchev–Trinajstić information content (AvgIpc) is 2.46. The van der Waals surface area contributed by atoms with Gasteiger partial charge in [0.05, 0.1) is 10.1 Å². The van der Waals surface area contributed by atoms with E-state index in [9.17, 15) is 8.42 Å². The fourth-order valence-electron chi connectivity index (χ4n) is 1.13. The minimum Gasteiger partial charge on any atom is -0.223 e. The first-order valence-electron chi connectivity index (χ1n) is 4.33. The molecule has 14 heavy (non-hydrogen) atoms. The first-order chi connectivity index (χ1) is 6.41. The second-order valence-electron chi connectivity index (χ2n) is 3.40. The monoisotopic (exact) mass is 250 g/mol. The molecule has 0 radical (unpaired) electrons. The van der Waals surface area contributed by atoms with Gasteiger partial charge < -0.3 is 0 Å². The second-order valence-corrected chi connectivity index (χ2v) is 7.15. The number of rotatable bonds is 3. The van der Waals surface area contributed by atoms with Crippen LogP contribution in [-0.4, -0.2) is 13.7 Å². The van der Waals surface area contributed by atoms with Gasteiger partial charge in [-0.05, 0) is 26.3 Å². The van der Waals surface area contributed by atoms with Crippen LogP contribution in [0, 0.1) is 6.92 Å². The van der Waals surface area contributed by atoms with Crippen molar-refractivity contribution in [3.63, 3.8) is 0 Å². The SMILES string of the molecule is Cc1c(S(=O)(=O)C(C)C)csc1CS. The van der Waals surface area contributed by atoms with Crippen LogP contribution in [0.2, 0.25) is 0 Å². The van der Waals surface area contributed by atoms with E-state index >= 15 is 0 Å². The number of sulfone groups is 1. The molecule has 0 amide bonds. The Hall–Kier alpha value is -0.000000000000000111. The summed E-state index contributed by atoms with van der Waals surface area (Å²) in [5.74, 6) is 0.601. The minimum atomic E-state index is -3.12. The van der Waals surface area contributed by atoms with E-state index in [-0.39, 0.29) is 5.25 Å². The Kier molecular flexibility index (Phi) is 3.66. The van der Waals surface area contributed by atoms with Crippen molar-refractivity contribution in [2.75, 3.05) is 0 Å². The lowest BCUT2D eigenvalue weighted by molar-refractivity contribution is 0.587. The van der Waals surface area contributed by atoms with Crippen molar-refractivity contribution in [2.24, 2.45) is 0 Å². The summed E-state index contributed by atoms with van der Waals surface area (Å²) in [6, 6.07) is 0. The van der Waals surface area contributed by atoms with E-state index in [1.165, 1.54) is 11.3 Å². The normalized spacial score (nSPS) is 12.4. The Balaban J connectivity index is 3.28. The Bertz CT molecular complexity index is 415. The zero-order chi connectivity index (χ0) is 10.9. The van der Waals surface area contributed by atoms with Crippen molar-refractivity contribution in [1.82, 2.24) is 0 Å². The van der Waals surface area contributed by atoms with Gasteiger partial charge >= 0.3 is 0 Å². The third-order valence-corrected chi connectivity index (χ3v) is 6.21. The summed E-state index contributed by atoms with van der Waals surface area (Å²) in [5, 5.41) is 1.36. The van der Waals surface area contributed by atoms with Crippen molar-refractivity contribution >= 4 is 33.8 Å². The van der Waals surface area contributed by atoms with Gasteiger partial charge in [-0.15, -0.1) is 11.3 Å². The van der Waals surface area contributed by atoms with E-state index in [0.717, 1.165) is 10.4 Å². The molecule has 0 aliphatic heterocycles. The van der Waals surface area contributed by atoms with Crippen molar-refractivity contribution < 1.29 is 8.42 Å². The van der Waals surface area contributed by atoms with Crippen LogP contribution in [0.3, 0.4) is 0 Å². The number of hydrogen-bond donors (Lipinski definition) is 1. The molecule has 1 rings (SSSR count). The minimum absolute atomic E-state index is 0.358. The summed E-state index contributed by atoms with van der Waals surface area (Å²) < 4.78 is 23.7. The smallest absolute Gasteiger partial charge is 0.181 e. The van der Waals surface area contributed by atoms with Crippen LogP contribution in [0.5, 0.6) is 0 Å². The van der Waals surface area contributed by atoms with Crippen molar-refractivity contribution in [3.05, 3.63) is 15.8 Å². The van der Waals surface area contributed by atoms with Crippen LogP contribution in [0.1, 0.15) is 24.3 Å². The molecule has 0 unspecified atom stereocenters. The highest BCUT2D eigenvalue weighted by Gasteiger charge is 2.23. The molecule has 0 saturated carbocycles. The quantitative estimate of drug-likeness (QED) is 0.837. The van der Waals surface area contributed by atoms with Gasteiger partial charge in [-0.2, -0.15) is 12.6 Å². The summed E-state index contributed by atoms with van der Waals surface area (Å²) in [7, 11) is -3.12. The predicted molar refractivity (Wildman–Crippen MR) is 64.1 cm³/mol. The van der Waals surface area contributed by atoms with Gasteiger partial charge in [0, 0.05) is 16.0 Å². The first kappa shape index (κ1) is 12.1. The highest BCUT2D eigenvalue weighted by atomic mass is 32.2. The van der Waals surface area contributed by atoms with Crippen LogP contribution < -0.4 is 0 Å². The maximum atomic E-state index is 11.9. The molecular formula is C9H14O2S3. The summed E-state index contributed by atoms with van der Waals surface area (Å²) in [6.07, 6.45) is 0. The molecule has 0 aliphatic carbocycles. The van der Waals surface area contributed by atoms with Crippen LogP contribution in [0.4, 0.5) is 0 Å². The molecule has 0 spiro atoms. The lowest BCUT2D eigenvalue weighted by atomic mass is 10.3. The van der Waals surface area contributed by atoms with Crippen molar-refractivity contribution in [3.8, 4) is 0 Å². The van der Waals surface area contributed by atoms with Crippen LogP contribution in [0.25, 0.3) is 0 Å². The Labute approximate surface area is 94.7 Å². The lowest BCUT2D eigenvalue weighted by Crippen LogP contribution is -2.14. The highest BCUT2D eigenvalue weighted by Crippen LogP contribution is 2.29. The zero-order valence-electron chi connectivity index (χ0n) is 8.44. The molecule has 1 aromatic heterocycles. The molecule has 1 heterocycles. The summed E-state index contributed by atoms with van der Waals surface area (Å²) in [5.41, 5.74) is 0.860. The van der Waals surface area contributed by atoms with E-state index in [1.54, 1.807) is 19.2 Å². The number of thiophene rings is 1. The molecular weight excluding hydrogens is 236 g/mol. The largest absolute Gasteiger partial charge is 0.223 e. The van der Waals surface area contributed by atoms with Gasteiger partial charge in [0.15, 0.2) is 9.84 Å². The number of thiol groups is 1. The molecule has 0 aliphatic rings. The van der Waals surface area contributed by atoms with Crippen molar-refractivity contribution in [1.29, 1.82) is 0 Å². The van der Waals surface area contributed by atoms with Gasteiger partial charge in [0.25, 0.3) is 0 Å². The third-order valence-electron chi connectivity index (χ3n) is 2.17. The van der Waals surface area contributed by atoms with Gasteiger partial charge in [-0.3, -0.25) is 0 Å². The van der Waals surface area contributed by atoms with Crippen LogP contribution in [-0.2, 0) is 15.6 Å². The lowest BCUT2D eigenvalue weighted by Gasteiger charge is -2.06. The molecule has 0 bridgehead atoms. The predicted octanol–water partition coefficient (Wildman–Crippen LogP) is 2.67. The van der Waals surface area contributed by atoms with Gasteiger partial charge in [0.1, 0.15) is 0 Å². The standard InChI is InChI=1S/C9H14O2S3/c1-6(2)14(10,11)9-5-13-8(4-12)7(9)3/h5-6,12H,4H2,1-3H3. The molecule has 2 nitrogen and oxygen atoms in total. The third kappa shape index (κ3) is 1.99. The molecule has 0 aromatic carbocycles. The van der Waals surface area contributed by atoms with Crippen LogP contribution in [0.15, 0.2) is 10.3 Å². The van der Waals surface area contributed by atoms with Crippen LogP contribution >= 0.6 is 24.0 Å². The second kappa shape index (κ2) is 4.24. The molecule has 0 N–H and O–H groups in total. The highest BCUT2D eigenvalue weighted by molar-refractivity contribution is 7.92. The Morgan fingerprint density at radius 2 is 2.07 bits per heavy atom. The van der Waals surface area contributed by atoms with E-state index in [1.807, 2.05) is 6.92 Å². The molecule has 0 fully saturated rings. The average molecular weight is 250 g/mol. The van der Waals surface area contributed by atoms with Gasteiger partial charge in [-0.1, -0.05) is 0 Å². The fraction of sp³-hybridized carbons (Fsp3) is 0.556. The van der Waals surface area contributed by atoms with Gasteiger partial charge in [0.2, 0.25) is 0 Å². The molecule has 0 atom stereocenters. The number of hydrogen-bond acceptors (Lipinski definition) is 4. The maximum Gasteiger partial charge on any atom is 0.181 e. The molecule has 5 heteroatoms. The topological polar surface area (TPSA) is 34.1 Å². The zero-order valence-corrected chi connectivity index (χ0v) is 11.0. The first-order valence-corrected chi connectivity index (χ1v) is 7.38. The van der Waals surface area contributed by atoms with E-state index < -0.39 is 9.84 Å². The van der Waals surface area contributed by atoms with Crippen molar-refractivity contribution in [2.45, 2.75) is 36.7 Å². The van der Waals surface area contributed by atoms with E-state index in [2.05, 4.69) is 12.6 Å². The van der Waals surface area contributed by atoms with E-state index in [0.29, 0.717) is 10.6 Å². The maximum absolute atomic E-state index is 11.9. The molecule has 80 valence electrons. The summed E-state index contributed by atoms with van der Waals surface area (Å²) in [4.78, 5) is 1.51. The van der Waals surface area contributed by atoms with Gasteiger partial charge in [-0.25, -0.2) is 8.42 Å². The fourth-order valence-corrected chi connectivity index (χ4v) is 4.18. The van der Waals surface area contributed by atoms with E-state index in [4.69, 9.17) is 0 Å². The Morgan fingerprint density at radius 3 is 2.43 bits per heavy atom. The molecule has 1 aromatic rings. The summed E-state index contributed by atoms with van der Waals surface area (Å²) in [6.45, 7) is 5.25.